The van der Waals surface area contributed by atoms with Gasteiger partial charge in [-0.25, -0.2) is 0 Å². The highest BCUT2D eigenvalue weighted by atomic mass is 15.0. The molecule has 1 N–H and O–H groups in total. The van der Waals surface area contributed by atoms with Crippen molar-refractivity contribution in [2.24, 2.45) is 10.9 Å². The van der Waals surface area contributed by atoms with Crippen molar-refractivity contribution in [1.82, 2.24) is 5.32 Å². The monoisotopic (exact) mass is 121 g/mol. The highest BCUT2D eigenvalue weighted by Gasteiger charge is 2.24. The molecule has 2 heteroatoms. The molecule has 0 aromatic rings. The summed E-state index contributed by atoms with van der Waals surface area (Å²) in [5.41, 5.74) is 0. The van der Waals surface area contributed by atoms with E-state index in [4.69, 9.17) is 0 Å². The highest BCUT2D eigenvalue weighted by molar-refractivity contribution is 5.72. The zero-order valence-corrected chi connectivity index (χ0v) is 5.12. The molecule has 1 fully saturated rings. The van der Waals surface area contributed by atoms with Gasteiger partial charge in [-0.1, -0.05) is 6.08 Å². The molecule has 0 amide bonds. The molecule has 0 saturated carbocycles. The van der Waals surface area contributed by atoms with E-state index in [0.29, 0.717) is 12.0 Å². The molecule has 2 aliphatic heterocycles. The summed E-state index contributed by atoms with van der Waals surface area (Å²) in [5, 5.41) is 3.17. The minimum atomic E-state index is 0.412. The lowest BCUT2D eigenvalue weighted by molar-refractivity contribution is 0.640. The van der Waals surface area contributed by atoms with Crippen LogP contribution in [0.1, 0.15) is 0 Å². The predicted molar refractivity (Wildman–Crippen MR) is 37.2 cm³/mol. The van der Waals surface area contributed by atoms with E-state index < -0.39 is 0 Å². The fraction of sp³-hybridized carbons (Fsp3) is 0.429. The summed E-state index contributed by atoms with van der Waals surface area (Å²) in [4.78, 5) is 4.26. The first kappa shape index (κ1) is 5.18. The Morgan fingerprint density at radius 1 is 1.56 bits per heavy atom. The molecule has 1 radical (unpaired) electrons. The molecule has 0 spiro atoms. The zero-order valence-electron chi connectivity index (χ0n) is 5.12. The van der Waals surface area contributed by atoms with Crippen LogP contribution >= 0.6 is 0 Å². The normalized spacial score (nSPS) is 39.1. The van der Waals surface area contributed by atoms with Crippen molar-refractivity contribution in [1.29, 1.82) is 0 Å². The van der Waals surface area contributed by atoms with Crippen LogP contribution in [0.15, 0.2) is 17.1 Å². The quantitative estimate of drug-likeness (QED) is 0.492. The SMILES string of the molecule is [CH]1NCC2C=CC=NC12. The summed E-state index contributed by atoms with van der Waals surface area (Å²) < 4.78 is 0. The molecular weight excluding hydrogens is 112 g/mol. The number of allylic oxidation sites excluding steroid dienone is 1. The maximum Gasteiger partial charge on any atom is 0.0743 e. The topological polar surface area (TPSA) is 24.4 Å². The van der Waals surface area contributed by atoms with Crippen LogP contribution in [0.2, 0.25) is 0 Å². The number of hydrogen-bond acceptors (Lipinski definition) is 2. The lowest BCUT2D eigenvalue weighted by Gasteiger charge is -2.11. The molecule has 0 bridgehead atoms. The number of nitrogens with zero attached hydrogens (tertiary/aromatic N) is 1. The molecule has 2 nitrogen and oxygen atoms in total. The van der Waals surface area contributed by atoms with Gasteiger partial charge in [0.2, 0.25) is 0 Å². The van der Waals surface area contributed by atoms with Crippen LogP contribution in [0.25, 0.3) is 0 Å². The van der Waals surface area contributed by atoms with Gasteiger partial charge in [0.25, 0.3) is 0 Å². The maximum absolute atomic E-state index is 4.26. The Labute approximate surface area is 54.7 Å². The summed E-state index contributed by atoms with van der Waals surface area (Å²) in [6.45, 7) is 3.11. The molecule has 2 heterocycles. The number of aliphatic imine (C=N–C) groups is 1. The molecule has 9 heavy (non-hydrogen) atoms. The van der Waals surface area contributed by atoms with Gasteiger partial charge in [0.05, 0.1) is 6.04 Å². The van der Waals surface area contributed by atoms with E-state index in [2.05, 4.69) is 22.9 Å². The Bertz CT molecular complexity index is 142. The average Bonchev–Trinajstić information content (AvgIpc) is 2.33. The van der Waals surface area contributed by atoms with Crippen molar-refractivity contribution in [2.75, 3.05) is 6.54 Å². The van der Waals surface area contributed by atoms with Gasteiger partial charge in [-0.05, 0) is 6.08 Å². The minimum absolute atomic E-state index is 0.412. The van der Waals surface area contributed by atoms with Gasteiger partial charge in [-0.15, -0.1) is 0 Å². The predicted octanol–water partition coefficient (Wildman–Crippen LogP) is 0.377. The number of rotatable bonds is 0. The second kappa shape index (κ2) is 1.95. The van der Waals surface area contributed by atoms with Crippen molar-refractivity contribution in [2.45, 2.75) is 6.04 Å². The van der Waals surface area contributed by atoms with Gasteiger partial charge in [-0.3, -0.25) is 4.99 Å². The molecule has 1 saturated heterocycles. The maximum atomic E-state index is 4.26. The van der Waals surface area contributed by atoms with Crippen molar-refractivity contribution in [3.8, 4) is 0 Å². The standard InChI is InChI=1S/C7H9N2/c1-2-6-4-8-5-7(6)9-3-1/h1-3,5-8H,4H2. The lowest BCUT2D eigenvalue weighted by atomic mass is 10.0. The fourth-order valence-corrected chi connectivity index (χ4v) is 1.25. The van der Waals surface area contributed by atoms with Gasteiger partial charge in [0, 0.05) is 25.2 Å². The Hall–Kier alpha value is -0.630. The molecule has 2 unspecified atom stereocenters. The smallest absolute Gasteiger partial charge is 0.0743 e. The van der Waals surface area contributed by atoms with Crippen LogP contribution in [-0.2, 0) is 0 Å². The Balaban J connectivity index is 2.18. The van der Waals surface area contributed by atoms with E-state index in [1.807, 2.05) is 12.3 Å². The Kier molecular flexibility index (Phi) is 1.12. The van der Waals surface area contributed by atoms with Gasteiger partial charge in [0.15, 0.2) is 0 Å². The third-order valence-electron chi connectivity index (χ3n) is 1.78. The van der Waals surface area contributed by atoms with Crippen LogP contribution in [0.3, 0.4) is 0 Å². The third kappa shape index (κ3) is 0.793. The van der Waals surface area contributed by atoms with E-state index in [-0.39, 0.29) is 0 Å². The van der Waals surface area contributed by atoms with Gasteiger partial charge < -0.3 is 5.32 Å². The number of dihydropyridines is 1. The third-order valence-corrected chi connectivity index (χ3v) is 1.78. The molecule has 2 atom stereocenters. The second-order valence-electron chi connectivity index (χ2n) is 2.41. The van der Waals surface area contributed by atoms with E-state index in [0.717, 1.165) is 6.54 Å². The van der Waals surface area contributed by atoms with Gasteiger partial charge in [0.1, 0.15) is 0 Å². The second-order valence-corrected chi connectivity index (χ2v) is 2.41. The highest BCUT2D eigenvalue weighted by Crippen LogP contribution is 2.18. The van der Waals surface area contributed by atoms with Crippen LogP contribution in [0.4, 0.5) is 0 Å². The molecule has 47 valence electrons. The molecule has 0 aromatic carbocycles. The summed E-state index contributed by atoms with van der Waals surface area (Å²) >= 11 is 0. The van der Waals surface area contributed by atoms with E-state index in [9.17, 15) is 0 Å². The molecular formula is C7H9N2. The number of hydrogen-bond donors (Lipinski definition) is 1. The van der Waals surface area contributed by atoms with Crippen LogP contribution in [-0.4, -0.2) is 18.8 Å². The summed E-state index contributed by atoms with van der Waals surface area (Å²) in [6.07, 6.45) is 6.08. The van der Waals surface area contributed by atoms with Gasteiger partial charge in [-0.2, -0.15) is 0 Å². The molecule has 0 aromatic heterocycles. The number of fused-ring (bicyclic) bond motifs is 1. The van der Waals surface area contributed by atoms with E-state index in [1.54, 1.807) is 0 Å². The fourth-order valence-electron chi connectivity index (χ4n) is 1.25. The summed E-state index contributed by atoms with van der Waals surface area (Å²) in [6, 6.07) is 0.412. The largest absolute Gasteiger partial charge is 0.310 e. The Morgan fingerprint density at radius 3 is 3.44 bits per heavy atom. The summed E-state index contributed by atoms with van der Waals surface area (Å²) in [5.74, 6) is 0.620. The zero-order chi connectivity index (χ0) is 6.10. The number of nitrogens with one attached hydrogen (secondary N) is 1. The van der Waals surface area contributed by atoms with E-state index >= 15 is 0 Å². The van der Waals surface area contributed by atoms with Crippen molar-refractivity contribution in [3.63, 3.8) is 0 Å². The lowest BCUT2D eigenvalue weighted by Crippen LogP contribution is -2.14. The van der Waals surface area contributed by atoms with Crippen LogP contribution in [0, 0.1) is 12.5 Å². The van der Waals surface area contributed by atoms with Crippen molar-refractivity contribution in [3.05, 3.63) is 18.7 Å². The van der Waals surface area contributed by atoms with Crippen LogP contribution < -0.4 is 5.32 Å². The summed E-state index contributed by atoms with van der Waals surface area (Å²) in [7, 11) is 0. The van der Waals surface area contributed by atoms with E-state index in [1.165, 1.54) is 0 Å². The Morgan fingerprint density at radius 2 is 2.56 bits per heavy atom. The first-order valence-corrected chi connectivity index (χ1v) is 3.23. The van der Waals surface area contributed by atoms with Gasteiger partial charge >= 0.3 is 0 Å². The van der Waals surface area contributed by atoms with Crippen molar-refractivity contribution < 1.29 is 0 Å². The minimum Gasteiger partial charge on any atom is -0.310 e. The first-order chi connectivity index (χ1) is 4.47. The van der Waals surface area contributed by atoms with Crippen LogP contribution in [0.5, 0.6) is 0 Å². The van der Waals surface area contributed by atoms with Crippen molar-refractivity contribution >= 4 is 6.21 Å². The molecule has 2 aliphatic rings. The average molecular weight is 121 g/mol. The molecule has 0 aliphatic carbocycles. The first-order valence-electron chi connectivity index (χ1n) is 3.23. The molecule has 2 rings (SSSR count).